The van der Waals surface area contributed by atoms with Crippen molar-refractivity contribution in [3.63, 3.8) is 0 Å². The molecule has 43 heavy (non-hydrogen) atoms. The van der Waals surface area contributed by atoms with Gasteiger partial charge in [0.25, 0.3) is 0 Å². The smallest absolute Gasteiger partial charge is 0.166 e. The zero-order valence-corrected chi connectivity index (χ0v) is 24.7. The van der Waals surface area contributed by atoms with Gasteiger partial charge in [-0.15, -0.1) is 6.42 Å². The van der Waals surface area contributed by atoms with Gasteiger partial charge in [-0.1, -0.05) is 18.1 Å². The molecule has 3 N–H and O–H groups in total. The number of nitrogens with zero attached hydrogens (tertiary/aromatic N) is 4. The largest absolute Gasteiger partial charge is 0.491 e. The fourth-order valence-corrected chi connectivity index (χ4v) is 4.53. The Bertz CT molecular complexity index is 1300. The lowest BCUT2D eigenvalue weighted by Gasteiger charge is -2.17. The van der Waals surface area contributed by atoms with E-state index in [2.05, 4.69) is 26.3 Å². The highest BCUT2D eigenvalue weighted by atomic mass is 16.6. The number of anilines is 1. The van der Waals surface area contributed by atoms with Crippen molar-refractivity contribution in [1.29, 1.82) is 0 Å². The SMILES string of the molecule is C#CCOCCOCCOCCOCCOc1ccc(C(C)Nc2nc(C)nc3c2cnn3[C@H]2C[C@H](O)[C@@H](CO)O2)cc1. The molecule has 13 heteroatoms. The molecule has 1 saturated heterocycles. The number of fused-ring (bicyclic) bond motifs is 1. The van der Waals surface area contributed by atoms with Gasteiger partial charge in [-0.2, -0.15) is 5.10 Å². The van der Waals surface area contributed by atoms with Gasteiger partial charge in [-0.05, 0) is 31.5 Å². The highest BCUT2D eigenvalue weighted by Crippen LogP contribution is 2.32. The Morgan fingerprint density at radius 1 is 1.02 bits per heavy atom. The predicted octanol–water partition coefficient (Wildman–Crippen LogP) is 2.03. The Morgan fingerprint density at radius 3 is 2.30 bits per heavy atom. The maximum atomic E-state index is 10.1. The van der Waals surface area contributed by atoms with Crippen molar-refractivity contribution >= 4 is 16.9 Å². The fraction of sp³-hybridized carbons (Fsp3) is 0.567. The Labute approximate surface area is 251 Å². The van der Waals surface area contributed by atoms with E-state index >= 15 is 0 Å². The Morgan fingerprint density at radius 2 is 1.67 bits per heavy atom. The first kappa shape index (κ1) is 32.6. The Kier molecular flexibility index (Phi) is 12.9. The van der Waals surface area contributed by atoms with E-state index in [0.717, 1.165) is 16.7 Å². The molecule has 0 amide bonds. The van der Waals surface area contributed by atoms with E-state index < -0.39 is 18.4 Å². The van der Waals surface area contributed by atoms with Gasteiger partial charge in [0.15, 0.2) is 11.9 Å². The third-order valence-corrected chi connectivity index (χ3v) is 6.75. The summed E-state index contributed by atoms with van der Waals surface area (Å²) in [7, 11) is 0. The number of nitrogens with one attached hydrogen (secondary N) is 1. The van der Waals surface area contributed by atoms with Crippen LogP contribution in [0, 0.1) is 19.3 Å². The van der Waals surface area contributed by atoms with Gasteiger partial charge >= 0.3 is 0 Å². The molecule has 0 saturated carbocycles. The molecule has 3 aromatic rings. The number of benzene rings is 1. The molecule has 4 rings (SSSR count). The van der Waals surface area contributed by atoms with Gasteiger partial charge in [0.05, 0.1) is 70.5 Å². The average Bonchev–Trinajstić information content (AvgIpc) is 3.60. The third-order valence-electron chi connectivity index (χ3n) is 6.75. The van der Waals surface area contributed by atoms with Crippen LogP contribution >= 0.6 is 0 Å². The molecule has 1 aliphatic rings. The topological polar surface area (TPSA) is 151 Å². The summed E-state index contributed by atoms with van der Waals surface area (Å²) in [4.78, 5) is 9.17. The zero-order chi connectivity index (χ0) is 30.4. The number of rotatable bonds is 19. The van der Waals surface area contributed by atoms with E-state index in [1.807, 2.05) is 38.1 Å². The van der Waals surface area contributed by atoms with Gasteiger partial charge in [0.2, 0.25) is 0 Å². The summed E-state index contributed by atoms with van der Waals surface area (Å²) in [5.41, 5.74) is 1.65. The number of aryl methyl sites for hydroxylation is 1. The lowest BCUT2D eigenvalue weighted by Crippen LogP contribution is -2.24. The molecule has 1 fully saturated rings. The molecule has 0 bridgehead atoms. The highest BCUT2D eigenvalue weighted by molar-refractivity contribution is 5.86. The van der Waals surface area contributed by atoms with Crippen LogP contribution in [0.15, 0.2) is 30.5 Å². The summed E-state index contributed by atoms with van der Waals surface area (Å²) >= 11 is 0. The van der Waals surface area contributed by atoms with Crippen LogP contribution in [0.4, 0.5) is 5.82 Å². The molecule has 0 aliphatic carbocycles. The summed E-state index contributed by atoms with van der Waals surface area (Å²) in [6.45, 7) is 7.69. The molecule has 3 heterocycles. The molecule has 13 nitrogen and oxygen atoms in total. The maximum Gasteiger partial charge on any atom is 0.166 e. The minimum Gasteiger partial charge on any atom is -0.491 e. The summed E-state index contributed by atoms with van der Waals surface area (Å²) in [5.74, 6) is 4.38. The van der Waals surface area contributed by atoms with E-state index in [4.69, 9.17) is 34.8 Å². The van der Waals surface area contributed by atoms with Crippen LogP contribution in [0.25, 0.3) is 11.0 Å². The van der Waals surface area contributed by atoms with Crippen molar-refractivity contribution < 1.29 is 38.6 Å². The van der Waals surface area contributed by atoms with Crippen LogP contribution in [0.1, 0.15) is 37.0 Å². The second kappa shape index (κ2) is 17.1. The number of ether oxygens (including phenoxy) is 6. The molecule has 1 aromatic carbocycles. The van der Waals surface area contributed by atoms with E-state index in [0.29, 0.717) is 83.2 Å². The average molecular weight is 600 g/mol. The van der Waals surface area contributed by atoms with Gasteiger partial charge in [0.1, 0.15) is 36.7 Å². The molecule has 1 unspecified atom stereocenters. The molecule has 0 spiro atoms. The molecular formula is C30H41N5O8. The van der Waals surface area contributed by atoms with Crippen molar-refractivity contribution in [3.05, 3.63) is 41.9 Å². The number of aliphatic hydroxyl groups excluding tert-OH is 2. The minimum absolute atomic E-state index is 0.0613. The molecule has 0 radical (unpaired) electrons. The second-order valence-corrected chi connectivity index (χ2v) is 9.94. The normalized spacial score (nSPS) is 19.0. The molecule has 2 aromatic heterocycles. The first-order valence-corrected chi connectivity index (χ1v) is 14.4. The molecule has 4 atom stereocenters. The molecular weight excluding hydrogens is 558 g/mol. The lowest BCUT2D eigenvalue weighted by molar-refractivity contribution is -0.0470. The predicted molar refractivity (Wildman–Crippen MR) is 158 cm³/mol. The van der Waals surface area contributed by atoms with Gasteiger partial charge in [-0.3, -0.25) is 0 Å². The minimum atomic E-state index is -0.762. The van der Waals surface area contributed by atoms with E-state index in [9.17, 15) is 10.2 Å². The lowest BCUT2D eigenvalue weighted by atomic mass is 10.1. The molecule has 1 aliphatic heterocycles. The Balaban J connectivity index is 1.17. The van der Waals surface area contributed by atoms with Crippen LogP contribution in [-0.4, -0.2) is 108 Å². The third kappa shape index (κ3) is 9.57. The summed E-state index contributed by atoms with van der Waals surface area (Å²) in [6.07, 6.45) is 5.19. The van der Waals surface area contributed by atoms with Crippen LogP contribution in [0.3, 0.4) is 0 Å². The van der Waals surface area contributed by atoms with Gasteiger partial charge in [0, 0.05) is 12.5 Å². The van der Waals surface area contributed by atoms with Crippen LogP contribution in [0.2, 0.25) is 0 Å². The number of hydrogen-bond acceptors (Lipinski definition) is 12. The number of hydrogen-bond donors (Lipinski definition) is 3. The number of aliphatic hydroxyl groups is 2. The Hall–Kier alpha value is -3.35. The van der Waals surface area contributed by atoms with Crippen molar-refractivity contribution in [1.82, 2.24) is 19.7 Å². The molecule has 234 valence electrons. The van der Waals surface area contributed by atoms with Crippen molar-refractivity contribution in [2.75, 3.05) is 71.4 Å². The highest BCUT2D eigenvalue weighted by Gasteiger charge is 2.36. The van der Waals surface area contributed by atoms with Crippen LogP contribution in [-0.2, 0) is 23.7 Å². The number of aromatic nitrogens is 4. The summed E-state index contributed by atoms with van der Waals surface area (Å²) in [5, 5.41) is 28.2. The summed E-state index contributed by atoms with van der Waals surface area (Å²) in [6, 6.07) is 7.79. The monoisotopic (exact) mass is 599 g/mol. The van der Waals surface area contributed by atoms with Crippen molar-refractivity contribution in [2.45, 2.75) is 44.7 Å². The zero-order valence-electron chi connectivity index (χ0n) is 24.7. The summed E-state index contributed by atoms with van der Waals surface area (Å²) < 4.78 is 34.7. The van der Waals surface area contributed by atoms with E-state index in [-0.39, 0.29) is 12.6 Å². The van der Waals surface area contributed by atoms with Crippen LogP contribution in [0.5, 0.6) is 5.75 Å². The van der Waals surface area contributed by atoms with Crippen LogP contribution < -0.4 is 10.1 Å². The van der Waals surface area contributed by atoms with Crippen molar-refractivity contribution in [3.8, 4) is 18.1 Å². The fourth-order valence-electron chi connectivity index (χ4n) is 4.53. The van der Waals surface area contributed by atoms with E-state index in [1.54, 1.807) is 10.9 Å². The second-order valence-electron chi connectivity index (χ2n) is 9.94. The first-order valence-electron chi connectivity index (χ1n) is 14.4. The number of terminal acetylenes is 1. The van der Waals surface area contributed by atoms with E-state index in [1.165, 1.54) is 0 Å². The maximum absolute atomic E-state index is 10.1. The van der Waals surface area contributed by atoms with Gasteiger partial charge < -0.3 is 44.0 Å². The quantitative estimate of drug-likeness (QED) is 0.137. The van der Waals surface area contributed by atoms with Crippen molar-refractivity contribution in [2.24, 2.45) is 0 Å². The standard InChI is InChI=1S/C30H41N5O8/c1-4-9-38-10-11-39-12-13-40-14-15-41-16-17-42-24-7-5-23(6-8-24)21(2)32-29-25-19-31-35(30(25)34-22(3)33-29)28-18-26(37)27(20-36)43-28/h1,5-8,19,21,26-28,36-37H,9-18,20H2,2-3H3,(H,32,33,34)/t21?,26-,27+,28+/m0/s1. The first-order chi connectivity index (χ1) is 21.0. The van der Waals surface area contributed by atoms with Gasteiger partial charge in [-0.25, -0.2) is 14.6 Å².